The minimum Gasteiger partial charge on any atom is -0.481 e. The van der Waals surface area contributed by atoms with E-state index < -0.39 is 0 Å². The van der Waals surface area contributed by atoms with Gasteiger partial charge in [0.15, 0.2) is 0 Å². The second-order valence-corrected chi connectivity index (χ2v) is 3.69. The first-order valence-corrected chi connectivity index (χ1v) is 5.27. The summed E-state index contributed by atoms with van der Waals surface area (Å²) >= 11 is 5.70. The molecule has 1 amide bonds. The highest BCUT2D eigenvalue weighted by molar-refractivity contribution is 6.29. The van der Waals surface area contributed by atoms with E-state index in [1.807, 2.05) is 0 Å². The zero-order valence-electron chi connectivity index (χ0n) is 9.49. The Morgan fingerprint density at radius 1 is 1.41 bits per heavy atom. The van der Waals surface area contributed by atoms with Crippen molar-refractivity contribution in [3.05, 3.63) is 11.2 Å². The predicted octanol–water partition coefficient (Wildman–Crippen LogP) is 1.45. The fourth-order valence-corrected chi connectivity index (χ4v) is 1.21. The molecule has 6 nitrogen and oxygen atoms in total. The molecule has 1 aromatic rings. The number of hydrogen-bond donors (Lipinski definition) is 1. The first kappa shape index (κ1) is 13.4. The van der Waals surface area contributed by atoms with Crippen molar-refractivity contribution in [2.75, 3.05) is 12.4 Å². The number of ether oxygens (including phenoxy) is 1. The molecule has 0 saturated carbocycles. The van der Waals surface area contributed by atoms with Gasteiger partial charge < -0.3 is 9.53 Å². The van der Waals surface area contributed by atoms with Gasteiger partial charge in [0.1, 0.15) is 10.9 Å². The van der Waals surface area contributed by atoms with Gasteiger partial charge in [-0.25, -0.2) is 4.98 Å². The van der Waals surface area contributed by atoms with Gasteiger partial charge in [-0.2, -0.15) is 4.98 Å². The van der Waals surface area contributed by atoms with Gasteiger partial charge in [-0.05, 0) is 6.92 Å². The van der Waals surface area contributed by atoms with Crippen molar-refractivity contribution in [1.82, 2.24) is 9.97 Å². The van der Waals surface area contributed by atoms with Crippen LogP contribution < -0.4 is 10.1 Å². The highest BCUT2D eigenvalue weighted by Gasteiger charge is 2.08. The standard InChI is InChI=1S/C10H12ClN3O3/c1-6(15)3-4-8(16)13-10-12-7(11)5-9(14-10)17-2/h5H,3-4H2,1-2H3,(H,12,13,14,16). The Morgan fingerprint density at radius 3 is 2.71 bits per heavy atom. The maximum Gasteiger partial charge on any atom is 0.234 e. The summed E-state index contributed by atoms with van der Waals surface area (Å²) in [7, 11) is 1.43. The number of carbonyl (C=O) groups excluding carboxylic acids is 2. The van der Waals surface area contributed by atoms with Crippen molar-refractivity contribution >= 4 is 29.2 Å². The highest BCUT2D eigenvalue weighted by atomic mass is 35.5. The topological polar surface area (TPSA) is 81.2 Å². The van der Waals surface area contributed by atoms with Crippen molar-refractivity contribution in [2.24, 2.45) is 0 Å². The highest BCUT2D eigenvalue weighted by Crippen LogP contribution is 2.15. The quantitative estimate of drug-likeness (QED) is 0.808. The van der Waals surface area contributed by atoms with Gasteiger partial charge in [-0.3, -0.25) is 10.1 Å². The smallest absolute Gasteiger partial charge is 0.234 e. The minimum atomic E-state index is -0.343. The number of ketones is 1. The first-order chi connectivity index (χ1) is 8.01. The third kappa shape index (κ3) is 4.78. The Labute approximate surface area is 103 Å². The van der Waals surface area contributed by atoms with E-state index in [1.54, 1.807) is 0 Å². The number of aromatic nitrogens is 2. The Morgan fingerprint density at radius 2 is 2.12 bits per heavy atom. The zero-order chi connectivity index (χ0) is 12.8. The lowest BCUT2D eigenvalue weighted by atomic mass is 10.2. The molecule has 1 N–H and O–H groups in total. The molecule has 0 bridgehead atoms. The molecule has 1 aromatic heterocycles. The molecule has 17 heavy (non-hydrogen) atoms. The van der Waals surface area contributed by atoms with E-state index in [4.69, 9.17) is 16.3 Å². The normalized spacial score (nSPS) is 9.82. The van der Waals surface area contributed by atoms with Crippen LogP contribution in [0.15, 0.2) is 6.07 Å². The van der Waals surface area contributed by atoms with E-state index in [9.17, 15) is 9.59 Å². The average Bonchev–Trinajstić information content (AvgIpc) is 2.25. The van der Waals surface area contributed by atoms with Crippen LogP contribution in [-0.4, -0.2) is 28.8 Å². The van der Waals surface area contributed by atoms with Gasteiger partial charge in [0.05, 0.1) is 7.11 Å². The third-order valence-electron chi connectivity index (χ3n) is 1.84. The van der Waals surface area contributed by atoms with Crippen LogP contribution in [0.25, 0.3) is 0 Å². The number of methoxy groups -OCH3 is 1. The third-order valence-corrected chi connectivity index (χ3v) is 2.03. The van der Waals surface area contributed by atoms with Crippen LogP contribution in [0.3, 0.4) is 0 Å². The summed E-state index contributed by atoms with van der Waals surface area (Å²) in [5.41, 5.74) is 0. The van der Waals surface area contributed by atoms with E-state index >= 15 is 0 Å². The summed E-state index contributed by atoms with van der Waals surface area (Å²) in [4.78, 5) is 29.8. The van der Waals surface area contributed by atoms with Crippen molar-refractivity contribution < 1.29 is 14.3 Å². The van der Waals surface area contributed by atoms with Crippen LogP contribution in [0, 0.1) is 0 Å². The molecular formula is C10H12ClN3O3. The van der Waals surface area contributed by atoms with Gasteiger partial charge in [0.25, 0.3) is 0 Å². The molecule has 1 heterocycles. The molecule has 0 unspecified atom stereocenters. The molecule has 0 fully saturated rings. The Kier molecular flexibility index (Phi) is 4.84. The molecule has 92 valence electrons. The van der Waals surface area contributed by atoms with E-state index in [2.05, 4.69) is 15.3 Å². The molecular weight excluding hydrogens is 246 g/mol. The van der Waals surface area contributed by atoms with Crippen molar-refractivity contribution in [2.45, 2.75) is 19.8 Å². The number of amides is 1. The molecule has 0 spiro atoms. The summed E-state index contributed by atoms with van der Waals surface area (Å²) in [6.45, 7) is 1.42. The van der Waals surface area contributed by atoms with Gasteiger partial charge in [-0.15, -0.1) is 0 Å². The van der Waals surface area contributed by atoms with E-state index in [1.165, 1.54) is 20.1 Å². The number of anilines is 1. The first-order valence-electron chi connectivity index (χ1n) is 4.89. The van der Waals surface area contributed by atoms with E-state index in [0.29, 0.717) is 0 Å². The van der Waals surface area contributed by atoms with Gasteiger partial charge in [-0.1, -0.05) is 11.6 Å². The predicted molar refractivity (Wildman–Crippen MR) is 62.1 cm³/mol. The molecule has 0 radical (unpaired) electrons. The van der Waals surface area contributed by atoms with Gasteiger partial charge in [0, 0.05) is 18.9 Å². The molecule has 0 aliphatic heterocycles. The molecule has 0 saturated heterocycles. The average molecular weight is 258 g/mol. The SMILES string of the molecule is COc1cc(Cl)nc(NC(=O)CCC(C)=O)n1. The van der Waals surface area contributed by atoms with Crippen molar-refractivity contribution in [1.29, 1.82) is 0 Å². The molecule has 0 atom stereocenters. The van der Waals surface area contributed by atoms with Gasteiger partial charge >= 0.3 is 0 Å². The lowest BCUT2D eigenvalue weighted by molar-refractivity contribution is -0.121. The largest absolute Gasteiger partial charge is 0.481 e. The molecule has 0 aliphatic carbocycles. The van der Waals surface area contributed by atoms with Crippen LogP contribution >= 0.6 is 11.6 Å². The summed E-state index contributed by atoms with van der Waals surface area (Å²) in [6, 6.07) is 1.42. The number of nitrogens with one attached hydrogen (secondary N) is 1. The fraction of sp³-hybridized carbons (Fsp3) is 0.400. The summed E-state index contributed by atoms with van der Waals surface area (Å²) in [6.07, 6.45) is 0.275. The van der Waals surface area contributed by atoms with Crippen LogP contribution in [-0.2, 0) is 9.59 Å². The molecule has 0 aliphatic rings. The summed E-state index contributed by atoms with van der Waals surface area (Å²) in [5, 5.41) is 2.60. The van der Waals surface area contributed by atoms with Crippen LogP contribution in [0.5, 0.6) is 5.88 Å². The summed E-state index contributed by atoms with van der Waals surface area (Å²) < 4.78 is 4.87. The molecule has 7 heteroatoms. The number of hydrogen-bond acceptors (Lipinski definition) is 5. The molecule has 1 rings (SSSR count). The number of rotatable bonds is 5. The lowest BCUT2D eigenvalue weighted by Crippen LogP contribution is -2.15. The van der Waals surface area contributed by atoms with E-state index in [-0.39, 0.29) is 41.5 Å². The number of nitrogens with zero attached hydrogens (tertiary/aromatic N) is 2. The monoisotopic (exact) mass is 257 g/mol. The van der Waals surface area contributed by atoms with Crippen molar-refractivity contribution in [3.63, 3.8) is 0 Å². The molecule has 0 aromatic carbocycles. The maximum atomic E-state index is 11.4. The number of halogens is 1. The minimum absolute atomic E-state index is 0.0512. The number of Topliss-reactive ketones (excluding diaryl/α,β-unsaturated/α-hetero) is 1. The van der Waals surface area contributed by atoms with Gasteiger partial charge in [0.2, 0.25) is 17.7 Å². The van der Waals surface area contributed by atoms with Crippen molar-refractivity contribution in [3.8, 4) is 5.88 Å². The number of carbonyl (C=O) groups is 2. The Hall–Kier alpha value is -1.69. The lowest BCUT2D eigenvalue weighted by Gasteiger charge is -2.05. The van der Waals surface area contributed by atoms with E-state index in [0.717, 1.165) is 0 Å². The van der Waals surface area contributed by atoms with Crippen LogP contribution in [0.2, 0.25) is 5.15 Å². The zero-order valence-corrected chi connectivity index (χ0v) is 10.2. The fourth-order valence-electron chi connectivity index (χ4n) is 1.03. The Bertz CT molecular complexity index is 437. The van der Waals surface area contributed by atoms with Crippen LogP contribution in [0.1, 0.15) is 19.8 Å². The Balaban J connectivity index is 2.64. The van der Waals surface area contributed by atoms with Crippen LogP contribution in [0.4, 0.5) is 5.95 Å². The summed E-state index contributed by atoms with van der Waals surface area (Å²) in [5.74, 6) is -0.0796. The second-order valence-electron chi connectivity index (χ2n) is 3.31. The second kappa shape index (κ2) is 6.15. The maximum absolute atomic E-state index is 11.4.